The fourth-order valence-corrected chi connectivity index (χ4v) is 5.89. The first-order valence-electron chi connectivity index (χ1n) is 14.1. The van der Waals surface area contributed by atoms with Gasteiger partial charge < -0.3 is 15.0 Å². The molecule has 0 spiro atoms. The lowest BCUT2D eigenvalue weighted by Crippen LogP contribution is -2.50. The molecule has 8 nitrogen and oxygen atoms in total. The van der Waals surface area contributed by atoms with Gasteiger partial charge in [-0.05, 0) is 48.2 Å². The number of sulfonamides is 1. The molecule has 0 aromatic heterocycles. The van der Waals surface area contributed by atoms with Crippen molar-refractivity contribution in [2.24, 2.45) is 0 Å². The lowest BCUT2D eigenvalue weighted by molar-refractivity contribution is -0.141. The third-order valence-corrected chi connectivity index (χ3v) is 8.26. The molecule has 0 fully saturated rings. The monoisotopic (exact) mass is 613 g/mol. The molecule has 0 radical (unpaired) electrons. The molecule has 0 aliphatic heterocycles. The summed E-state index contributed by atoms with van der Waals surface area (Å²) < 4.78 is 32.1. The zero-order valence-corrected chi connectivity index (χ0v) is 26.0. The number of anilines is 1. The quantitative estimate of drug-likeness (QED) is 0.217. The van der Waals surface area contributed by atoms with Crippen molar-refractivity contribution in [3.8, 4) is 5.75 Å². The molecule has 226 valence electrons. The number of methoxy groups -OCH3 is 1. The van der Waals surface area contributed by atoms with Crippen LogP contribution in [0.15, 0.2) is 78.9 Å². The van der Waals surface area contributed by atoms with E-state index in [-0.39, 0.29) is 37.7 Å². The largest absolute Gasteiger partial charge is 0.495 e. The SMILES string of the molecule is CCCCNC(=O)C(Cc1ccccc1)N(Cc1cccc(Cl)c1)C(=O)CCCN(c1ccccc1OC)S(C)(=O)=O. The highest BCUT2D eigenvalue weighted by atomic mass is 35.5. The Hall–Kier alpha value is -3.56. The maximum Gasteiger partial charge on any atom is 0.243 e. The molecule has 3 aromatic rings. The number of nitrogens with one attached hydrogen (secondary N) is 1. The summed E-state index contributed by atoms with van der Waals surface area (Å²) in [7, 11) is -2.17. The van der Waals surface area contributed by atoms with E-state index in [0.29, 0.717) is 29.4 Å². The molecule has 0 aliphatic rings. The highest BCUT2D eigenvalue weighted by Gasteiger charge is 2.30. The Morgan fingerprint density at radius 3 is 2.31 bits per heavy atom. The third kappa shape index (κ3) is 9.77. The summed E-state index contributed by atoms with van der Waals surface area (Å²) >= 11 is 6.25. The van der Waals surface area contributed by atoms with Gasteiger partial charge in [-0.2, -0.15) is 0 Å². The molecule has 2 amide bonds. The van der Waals surface area contributed by atoms with E-state index in [2.05, 4.69) is 5.32 Å². The van der Waals surface area contributed by atoms with Gasteiger partial charge in [0.1, 0.15) is 11.8 Å². The summed E-state index contributed by atoms with van der Waals surface area (Å²) in [4.78, 5) is 29.1. The third-order valence-electron chi connectivity index (χ3n) is 6.85. The summed E-state index contributed by atoms with van der Waals surface area (Å²) in [5.41, 5.74) is 2.13. The van der Waals surface area contributed by atoms with Crippen molar-refractivity contribution < 1.29 is 22.7 Å². The molecule has 3 aromatic carbocycles. The van der Waals surface area contributed by atoms with Crippen LogP contribution in [0.1, 0.15) is 43.7 Å². The predicted octanol–water partition coefficient (Wildman–Crippen LogP) is 5.45. The normalized spacial score (nSPS) is 11.9. The van der Waals surface area contributed by atoms with Crippen molar-refractivity contribution in [1.82, 2.24) is 10.2 Å². The van der Waals surface area contributed by atoms with Crippen LogP contribution in [-0.2, 0) is 32.6 Å². The Bertz CT molecular complexity index is 1420. The van der Waals surface area contributed by atoms with Gasteiger partial charge in [0.05, 0.1) is 19.1 Å². The Labute approximate surface area is 254 Å². The number of hydrogen-bond donors (Lipinski definition) is 1. The fraction of sp³-hybridized carbons (Fsp3) is 0.375. The fourth-order valence-electron chi connectivity index (χ4n) is 4.71. The van der Waals surface area contributed by atoms with Gasteiger partial charge in [-0.1, -0.05) is 79.5 Å². The van der Waals surface area contributed by atoms with Crippen molar-refractivity contribution >= 4 is 39.1 Å². The molecule has 10 heteroatoms. The van der Waals surface area contributed by atoms with Crippen LogP contribution >= 0.6 is 11.6 Å². The minimum Gasteiger partial charge on any atom is -0.495 e. The second-order valence-electron chi connectivity index (χ2n) is 10.1. The summed E-state index contributed by atoms with van der Waals surface area (Å²) in [6, 6.07) is 22.9. The van der Waals surface area contributed by atoms with E-state index in [1.54, 1.807) is 41.3 Å². The van der Waals surface area contributed by atoms with E-state index >= 15 is 0 Å². The molecule has 0 bridgehead atoms. The zero-order chi connectivity index (χ0) is 30.5. The van der Waals surface area contributed by atoms with Crippen LogP contribution in [0.25, 0.3) is 0 Å². The summed E-state index contributed by atoms with van der Waals surface area (Å²) in [6.45, 7) is 2.82. The Morgan fingerprint density at radius 2 is 1.64 bits per heavy atom. The average molecular weight is 614 g/mol. The molecule has 0 heterocycles. The first-order valence-corrected chi connectivity index (χ1v) is 16.3. The van der Waals surface area contributed by atoms with Crippen molar-refractivity contribution in [2.45, 2.75) is 51.6 Å². The van der Waals surface area contributed by atoms with Gasteiger partial charge in [-0.15, -0.1) is 0 Å². The van der Waals surface area contributed by atoms with Gasteiger partial charge in [0.2, 0.25) is 21.8 Å². The number of ether oxygens (including phenoxy) is 1. The van der Waals surface area contributed by atoms with Crippen molar-refractivity contribution in [2.75, 3.05) is 30.8 Å². The van der Waals surface area contributed by atoms with Crippen LogP contribution in [0, 0.1) is 0 Å². The molecule has 1 unspecified atom stereocenters. The van der Waals surface area contributed by atoms with Crippen LogP contribution < -0.4 is 14.4 Å². The molecule has 42 heavy (non-hydrogen) atoms. The number of carbonyl (C=O) groups is 2. The van der Waals surface area contributed by atoms with Crippen LogP contribution in [0.5, 0.6) is 5.75 Å². The minimum atomic E-state index is -3.66. The van der Waals surface area contributed by atoms with E-state index in [9.17, 15) is 18.0 Å². The first-order chi connectivity index (χ1) is 20.1. The van der Waals surface area contributed by atoms with E-state index in [4.69, 9.17) is 16.3 Å². The summed E-state index contributed by atoms with van der Waals surface area (Å²) in [6.07, 6.45) is 3.50. The van der Waals surface area contributed by atoms with Gasteiger partial charge >= 0.3 is 0 Å². The molecule has 0 saturated carbocycles. The van der Waals surface area contributed by atoms with Crippen molar-refractivity contribution in [3.63, 3.8) is 0 Å². The van der Waals surface area contributed by atoms with E-state index in [0.717, 1.165) is 30.2 Å². The maximum atomic E-state index is 13.9. The predicted molar refractivity (Wildman–Crippen MR) is 168 cm³/mol. The van der Waals surface area contributed by atoms with Crippen LogP contribution in [0.4, 0.5) is 5.69 Å². The standard InChI is InChI=1S/C32H40ClN3O5S/c1-4-5-20-34-32(38)29(23-25-13-7-6-8-14-25)35(24-26-15-11-16-27(33)22-26)31(37)19-12-21-36(42(3,39)40)28-17-9-10-18-30(28)41-2/h6-11,13-18,22,29H,4-5,12,19-21,23-24H2,1-3H3,(H,34,38). The Morgan fingerprint density at radius 1 is 0.952 bits per heavy atom. The number of unbranched alkanes of at least 4 members (excludes halogenated alkanes) is 1. The Balaban J connectivity index is 1.89. The molecular weight excluding hydrogens is 574 g/mol. The maximum absolute atomic E-state index is 13.9. The van der Waals surface area contributed by atoms with Gasteiger partial charge in [0.25, 0.3) is 0 Å². The Kier molecular flexibility index (Phi) is 12.7. The van der Waals surface area contributed by atoms with E-state index in [1.807, 2.05) is 49.4 Å². The number of amides is 2. The topological polar surface area (TPSA) is 96.0 Å². The zero-order valence-electron chi connectivity index (χ0n) is 24.5. The smallest absolute Gasteiger partial charge is 0.243 e. The molecule has 1 atom stereocenters. The molecule has 0 saturated heterocycles. The lowest BCUT2D eigenvalue weighted by atomic mass is 10.0. The van der Waals surface area contributed by atoms with Gasteiger partial charge in [0.15, 0.2) is 0 Å². The van der Waals surface area contributed by atoms with Crippen LogP contribution in [0.2, 0.25) is 5.02 Å². The number of benzene rings is 3. The van der Waals surface area contributed by atoms with E-state index < -0.39 is 16.1 Å². The molecular formula is C32H40ClN3O5S. The number of para-hydroxylation sites is 2. The number of carbonyl (C=O) groups excluding carboxylic acids is 2. The number of rotatable bonds is 16. The van der Waals surface area contributed by atoms with E-state index in [1.165, 1.54) is 11.4 Å². The lowest BCUT2D eigenvalue weighted by Gasteiger charge is -2.32. The molecule has 3 rings (SSSR count). The highest BCUT2D eigenvalue weighted by molar-refractivity contribution is 7.92. The summed E-state index contributed by atoms with van der Waals surface area (Å²) in [5, 5.41) is 3.54. The number of halogens is 1. The van der Waals surface area contributed by atoms with Crippen LogP contribution in [0.3, 0.4) is 0 Å². The summed E-state index contributed by atoms with van der Waals surface area (Å²) in [5.74, 6) is -0.0620. The average Bonchev–Trinajstić information content (AvgIpc) is 2.97. The molecule has 1 N–H and O–H groups in total. The second-order valence-corrected chi connectivity index (χ2v) is 12.5. The number of hydrogen-bond acceptors (Lipinski definition) is 5. The van der Waals surface area contributed by atoms with Crippen molar-refractivity contribution in [1.29, 1.82) is 0 Å². The van der Waals surface area contributed by atoms with Gasteiger partial charge in [0, 0.05) is 37.5 Å². The first kappa shape index (κ1) is 32.9. The minimum absolute atomic E-state index is 0.0370. The highest BCUT2D eigenvalue weighted by Crippen LogP contribution is 2.30. The van der Waals surface area contributed by atoms with Gasteiger partial charge in [-0.25, -0.2) is 8.42 Å². The van der Waals surface area contributed by atoms with Gasteiger partial charge in [-0.3, -0.25) is 13.9 Å². The molecule has 0 aliphatic carbocycles. The second kappa shape index (κ2) is 16.2. The van der Waals surface area contributed by atoms with Crippen molar-refractivity contribution in [3.05, 3.63) is 95.0 Å². The van der Waals surface area contributed by atoms with Crippen LogP contribution in [-0.4, -0.2) is 57.6 Å². The number of nitrogens with zero attached hydrogens (tertiary/aromatic N) is 2.